The van der Waals surface area contributed by atoms with Crippen molar-refractivity contribution in [3.8, 4) is 0 Å². The zero-order valence-corrected chi connectivity index (χ0v) is 14.0. The Balaban J connectivity index is 1.67. The van der Waals surface area contributed by atoms with Gasteiger partial charge >= 0.3 is 0 Å². The second-order valence-corrected chi connectivity index (χ2v) is 7.05. The fourth-order valence-corrected chi connectivity index (χ4v) is 3.13. The van der Waals surface area contributed by atoms with Crippen LogP contribution in [0.4, 0.5) is 0 Å². The van der Waals surface area contributed by atoms with E-state index in [1.807, 2.05) is 0 Å². The monoisotopic (exact) mass is 298 g/mol. The van der Waals surface area contributed by atoms with Gasteiger partial charge < -0.3 is 19.7 Å². The highest BCUT2D eigenvalue weighted by molar-refractivity contribution is 4.86. The van der Waals surface area contributed by atoms with Crippen LogP contribution in [0, 0.1) is 11.3 Å². The summed E-state index contributed by atoms with van der Waals surface area (Å²) >= 11 is 0. The van der Waals surface area contributed by atoms with E-state index < -0.39 is 0 Å². The smallest absolute Gasteiger partial charge is 0.0593 e. The molecular formula is C17H34N2O2. The molecule has 0 aromatic rings. The van der Waals surface area contributed by atoms with Crippen LogP contribution in [-0.4, -0.2) is 64.6 Å². The standard InChI is InChI=1S/C17H34N2O2/c1-3-8-18-14-17(6-10-20-11-7-17)15-19(2)9-12-21-13-16-4-5-16/h16,18H,3-15H2,1-2H3. The first-order valence-electron chi connectivity index (χ1n) is 8.79. The number of nitrogens with zero attached hydrogens (tertiary/aromatic N) is 1. The van der Waals surface area contributed by atoms with Crippen LogP contribution in [0.5, 0.6) is 0 Å². The molecule has 1 aliphatic carbocycles. The van der Waals surface area contributed by atoms with E-state index in [1.54, 1.807) is 0 Å². The second kappa shape index (κ2) is 9.09. The van der Waals surface area contributed by atoms with Gasteiger partial charge in [0.25, 0.3) is 0 Å². The Labute approximate surface area is 130 Å². The Bertz CT molecular complexity index is 276. The minimum atomic E-state index is 0.388. The molecular weight excluding hydrogens is 264 g/mol. The number of hydrogen-bond donors (Lipinski definition) is 1. The third-order valence-corrected chi connectivity index (χ3v) is 4.75. The van der Waals surface area contributed by atoms with Gasteiger partial charge in [-0.05, 0) is 57.0 Å². The van der Waals surface area contributed by atoms with E-state index in [1.165, 1.54) is 32.1 Å². The molecule has 21 heavy (non-hydrogen) atoms. The van der Waals surface area contributed by atoms with Gasteiger partial charge in [-0.15, -0.1) is 0 Å². The molecule has 0 bridgehead atoms. The van der Waals surface area contributed by atoms with Crippen molar-refractivity contribution in [2.45, 2.75) is 39.0 Å². The third-order valence-electron chi connectivity index (χ3n) is 4.75. The van der Waals surface area contributed by atoms with Gasteiger partial charge in [0, 0.05) is 39.5 Å². The van der Waals surface area contributed by atoms with Crippen molar-refractivity contribution in [2.24, 2.45) is 11.3 Å². The van der Waals surface area contributed by atoms with E-state index in [0.717, 1.165) is 58.5 Å². The van der Waals surface area contributed by atoms with E-state index in [4.69, 9.17) is 9.47 Å². The lowest BCUT2D eigenvalue weighted by Gasteiger charge is -2.40. The molecule has 1 N–H and O–H groups in total. The molecule has 0 radical (unpaired) electrons. The molecule has 1 aliphatic heterocycles. The fourth-order valence-electron chi connectivity index (χ4n) is 3.13. The first-order valence-corrected chi connectivity index (χ1v) is 8.79. The molecule has 4 heteroatoms. The Kier molecular flexibility index (Phi) is 7.44. The van der Waals surface area contributed by atoms with Gasteiger partial charge in [-0.2, -0.15) is 0 Å². The number of nitrogens with one attached hydrogen (secondary N) is 1. The van der Waals surface area contributed by atoms with Crippen molar-refractivity contribution in [1.29, 1.82) is 0 Å². The Morgan fingerprint density at radius 3 is 2.71 bits per heavy atom. The van der Waals surface area contributed by atoms with Gasteiger partial charge in [0.1, 0.15) is 0 Å². The van der Waals surface area contributed by atoms with E-state index in [2.05, 4.69) is 24.2 Å². The van der Waals surface area contributed by atoms with E-state index in [-0.39, 0.29) is 0 Å². The molecule has 0 spiro atoms. The highest BCUT2D eigenvalue weighted by Crippen LogP contribution is 2.31. The number of likely N-dealkylation sites (N-methyl/N-ethyl adjacent to an activating group) is 1. The van der Waals surface area contributed by atoms with E-state index >= 15 is 0 Å². The zero-order valence-electron chi connectivity index (χ0n) is 14.0. The SMILES string of the molecule is CCCNCC1(CN(C)CCOCC2CC2)CCOCC1. The summed E-state index contributed by atoms with van der Waals surface area (Å²) < 4.78 is 11.3. The van der Waals surface area contributed by atoms with E-state index in [9.17, 15) is 0 Å². The average Bonchev–Trinajstić information content (AvgIpc) is 3.29. The van der Waals surface area contributed by atoms with Gasteiger partial charge in [0.2, 0.25) is 0 Å². The van der Waals surface area contributed by atoms with Crippen molar-refractivity contribution in [1.82, 2.24) is 10.2 Å². The molecule has 124 valence electrons. The molecule has 1 heterocycles. The summed E-state index contributed by atoms with van der Waals surface area (Å²) in [5.41, 5.74) is 0.388. The van der Waals surface area contributed by atoms with Gasteiger partial charge in [-0.25, -0.2) is 0 Å². The zero-order chi connectivity index (χ0) is 15.0. The predicted octanol–water partition coefficient (Wildman–Crippen LogP) is 2.14. The quantitative estimate of drug-likeness (QED) is 0.593. The van der Waals surface area contributed by atoms with E-state index in [0.29, 0.717) is 5.41 Å². The van der Waals surface area contributed by atoms with Crippen molar-refractivity contribution >= 4 is 0 Å². The molecule has 4 nitrogen and oxygen atoms in total. The maximum Gasteiger partial charge on any atom is 0.0593 e. The van der Waals surface area contributed by atoms with Crippen molar-refractivity contribution < 1.29 is 9.47 Å². The van der Waals surface area contributed by atoms with Gasteiger partial charge in [-0.1, -0.05) is 6.92 Å². The van der Waals surface area contributed by atoms with Crippen LogP contribution in [0.15, 0.2) is 0 Å². The summed E-state index contributed by atoms with van der Waals surface area (Å²) in [6.07, 6.45) is 6.31. The first kappa shape index (κ1) is 17.2. The largest absolute Gasteiger partial charge is 0.381 e. The second-order valence-electron chi connectivity index (χ2n) is 7.05. The number of ether oxygens (including phenoxy) is 2. The lowest BCUT2D eigenvalue weighted by Crippen LogP contribution is -2.47. The number of rotatable bonds is 11. The molecule has 0 unspecified atom stereocenters. The summed E-state index contributed by atoms with van der Waals surface area (Å²) in [6.45, 7) is 10.4. The Morgan fingerprint density at radius 1 is 1.29 bits per heavy atom. The van der Waals surface area contributed by atoms with Crippen LogP contribution in [0.1, 0.15) is 39.0 Å². The molecule has 0 aromatic heterocycles. The summed E-state index contributed by atoms with van der Waals surface area (Å²) in [6, 6.07) is 0. The Morgan fingerprint density at radius 2 is 2.05 bits per heavy atom. The van der Waals surface area contributed by atoms with Crippen molar-refractivity contribution in [2.75, 3.05) is 59.7 Å². The molecule has 1 saturated carbocycles. The van der Waals surface area contributed by atoms with Crippen LogP contribution >= 0.6 is 0 Å². The maximum absolute atomic E-state index is 5.77. The molecule has 1 saturated heterocycles. The van der Waals surface area contributed by atoms with Crippen LogP contribution in [0.25, 0.3) is 0 Å². The summed E-state index contributed by atoms with van der Waals surface area (Å²) in [4.78, 5) is 2.45. The van der Waals surface area contributed by atoms with Crippen LogP contribution in [-0.2, 0) is 9.47 Å². The minimum Gasteiger partial charge on any atom is -0.381 e. The highest BCUT2D eigenvalue weighted by atomic mass is 16.5. The number of hydrogen-bond acceptors (Lipinski definition) is 4. The first-order chi connectivity index (χ1) is 10.2. The lowest BCUT2D eigenvalue weighted by atomic mass is 9.79. The molecule has 2 fully saturated rings. The maximum atomic E-state index is 5.77. The van der Waals surface area contributed by atoms with Gasteiger partial charge in [0.05, 0.1) is 6.61 Å². The summed E-state index contributed by atoms with van der Waals surface area (Å²) in [7, 11) is 2.23. The lowest BCUT2D eigenvalue weighted by molar-refractivity contribution is -0.00468. The van der Waals surface area contributed by atoms with Gasteiger partial charge in [0.15, 0.2) is 0 Å². The topological polar surface area (TPSA) is 33.7 Å². The normalized spacial score (nSPS) is 21.9. The highest BCUT2D eigenvalue weighted by Gasteiger charge is 2.33. The van der Waals surface area contributed by atoms with Crippen molar-refractivity contribution in [3.05, 3.63) is 0 Å². The summed E-state index contributed by atoms with van der Waals surface area (Å²) in [5.74, 6) is 0.871. The average molecular weight is 298 g/mol. The van der Waals surface area contributed by atoms with Gasteiger partial charge in [-0.3, -0.25) is 0 Å². The molecule has 2 aliphatic rings. The fraction of sp³-hybridized carbons (Fsp3) is 1.00. The van der Waals surface area contributed by atoms with Crippen LogP contribution in [0.2, 0.25) is 0 Å². The molecule has 0 aromatic carbocycles. The van der Waals surface area contributed by atoms with Crippen molar-refractivity contribution in [3.63, 3.8) is 0 Å². The third kappa shape index (κ3) is 6.64. The Hall–Kier alpha value is -0.160. The predicted molar refractivity (Wildman–Crippen MR) is 86.7 cm³/mol. The summed E-state index contributed by atoms with van der Waals surface area (Å²) in [5, 5.41) is 3.63. The minimum absolute atomic E-state index is 0.388. The molecule has 0 amide bonds. The molecule has 0 atom stereocenters. The van der Waals surface area contributed by atoms with Crippen LogP contribution in [0.3, 0.4) is 0 Å². The van der Waals surface area contributed by atoms with Crippen LogP contribution < -0.4 is 5.32 Å². The molecule has 2 rings (SSSR count).